The van der Waals surface area contributed by atoms with Gasteiger partial charge in [-0.2, -0.15) is 0 Å². The van der Waals surface area contributed by atoms with Gasteiger partial charge in [0, 0.05) is 12.6 Å². The van der Waals surface area contributed by atoms with Gasteiger partial charge in [-0.05, 0) is 32.3 Å². The SMILES string of the molecule is CC(C)NC(=O)CSc1ncc(-c2ccccc2)n1C[C@@H]1CCCO1. The van der Waals surface area contributed by atoms with Crippen molar-refractivity contribution < 1.29 is 9.53 Å². The zero-order valence-corrected chi connectivity index (χ0v) is 15.6. The van der Waals surface area contributed by atoms with Crippen LogP contribution < -0.4 is 5.32 Å². The molecule has 1 atom stereocenters. The summed E-state index contributed by atoms with van der Waals surface area (Å²) in [7, 11) is 0. The molecule has 1 aliphatic rings. The first-order valence-electron chi connectivity index (χ1n) is 8.78. The number of imidazole rings is 1. The minimum absolute atomic E-state index is 0.0351. The van der Waals surface area contributed by atoms with E-state index >= 15 is 0 Å². The Balaban J connectivity index is 1.79. The Kier molecular flexibility index (Phi) is 6.15. The Morgan fingerprint density at radius 1 is 1.40 bits per heavy atom. The van der Waals surface area contributed by atoms with E-state index in [4.69, 9.17) is 4.74 Å². The molecule has 1 fully saturated rings. The molecule has 0 aliphatic carbocycles. The third-order valence-corrected chi connectivity index (χ3v) is 5.07. The number of nitrogens with zero attached hydrogens (tertiary/aromatic N) is 2. The summed E-state index contributed by atoms with van der Waals surface area (Å²) in [5, 5.41) is 3.79. The molecule has 0 spiro atoms. The van der Waals surface area contributed by atoms with Crippen LogP contribution in [0.1, 0.15) is 26.7 Å². The Labute approximate surface area is 153 Å². The quantitative estimate of drug-likeness (QED) is 0.770. The highest BCUT2D eigenvalue weighted by molar-refractivity contribution is 7.99. The number of carbonyl (C=O) groups is 1. The number of nitrogens with one attached hydrogen (secondary N) is 1. The van der Waals surface area contributed by atoms with E-state index < -0.39 is 0 Å². The van der Waals surface area contributed by atoms with Gasteiger partial charge < -0.3 is 14.6 Å². The van der Waals surface area contributed by atoms with Crippen LogP contribution in [0, 0.1) is 0 Å². The molecule has 6 heteroatoms. The molecule has 3 rings (SSSR count). The van der Waals surface area contributed by atoms with Crippen molar-refractivity contribution in [3.63, 3.8) is 0 Å². The highest BCUT2D eigenvalue weighted by Gasteiger charge is 2.21. The standard InChI is InChI=1S/C19H25N3O2S/c1-14(2)21-18(23)13-25-19-20-11-17(15-7-4-3-5-8-15)22(19)12-16-9-6-10-24-16/h3-5,7-8,11,14,16H,6,9-10,12-13H2,1-2H3,(H,21,23)/t16-/m0/s1. The average Bonchev–Trinajstić information content (AvgIpc) is 3.24. The van der Waals surface area contributed by atoms with Crippen LogP contribution in [0.3, 0.4) is 0 Å². The van der Waals surface area contributed by atoms with Gasteiger partial charge in [-0.15, -0.1) is 0 Å². The highest BCUT2D eigenvalue weighted by Crippen LogP contribution is 2.28. The lowest BCUT2D eigenvalue weighted by atomic mass is 10.1. The fourth-order valence-corrected chi connectivity index (χ4v) is 3.77. The summed E-state index contributed by atoms with van der Waals surface area (Å²) in [5.74, 6) is 0.405. The Morgan fingerprint density at radius 2 is 2.20 bits per heavy atom. The van der Waals surface area contributed by atoms with E-state index in [1.807, 2.05) is 38.2 Å². The number of hydrogen-bond donors (Lipinski definition) is 1. The first kappa shape index (κ1) is 18.0. The Bertz CT molecular complexity index is 694. The van der Waals surface area contributed by atoms with Crippen LogP contribution in [0.15, 0.2) is 41.7 Å². The van der Waals surface area contributed by atoms with Crippen LogP contribution in [-0.2, 0) is 16.1 Å². The topological polar surface area (TPSA) is 56.2 Å². The van der Waals surface area contributed by atoms with Gasteiger partial charge in [-0.1, -0.05) is 42.1 Å². The molecule has 2 aromatic rings. The van der Waals surface area contributed by atoms with E-state index in [0.717, 1.165) is 42.4 Å². The van der Waals surface area contributed by atoms with Gasteiger partial charge in [0.05, 0.1) is 30.3 Å². The molecule has 134 valence electrons. The second kappa shape index (κ2) is 8.54. The number of benzene rings is 1. The number of aromatic nitrogens is 2. The van der Waals surface area contributed by atoms with Crippen molar-refractivity contribution in [2.45, 2.75) is 50.5 Å². The lowest BCUT2D eigenvalue weighted by molar-refractivity contribution is -0.119. The second-order valence-electron chi connectivity index (χ2n) is 6.55. The summed E-state index contributed by atoms with van der Waals surface area (Å²) in [6, 6.07) is 10.4. The number of amides is 1. The van der Waals surface area contributed by atoms with Crippen LogP contribution in [0.5, 0.6) is 0 Å². The third-order valence-electron chi connectivity index (χ3n) is 4.08. The molecule has 0 unspecified atom stereocenters. The molecule has 2 heterocycles. The molecule has 1 saturated heterocycles. The molecule has 1 aliphatic heterocycles. The summed E-state index contributed by atoms with van der Waals surface area (Å²) < 4.78 is 8.01. The predicted molar refractivity (Wildman–Crippen MR) is 101 cm³/mol. The molecule has 5 nitrogen and oxygen atoms in total. The van der Waals surface area contributed by atoms with E-state index in [1.54, 1.807) is 0 Å². The summed E-state index contributed by atoms with van der Waals surface area (Å²) in [4.78, 5) is 16.5. The zero-order chi connectivity index (χ0) is 17.6. The van der Waals surface area contributed by atoms with Crippen molar-refractivity contribution in [3.8, 4) is 11.3 Å². The van der Waals surface area contributed by atoms with E-state index in [1.165, 1.54) is 11.8 Å². The van der Waals surface area contributed by atoms with Gasteiger partial charge in [0.25, 0.3) is 0 Å². The molecule has 1 aromatic carbocycles. The van der Waals surface area contributed by atoms with Crippen molar-refractivity contribution in [1.29, 1.82) is 0 Å². The molecule has 0 radical (unpaired) electrons. The maximum Gasteiger partial charge on any atom is 0.230 e. The summed E-state index contributed by atoms with van der Waals surface area (Å²) in [5.41, 5.74) is 2.20. The van der Waals surface area contributed by atoms with Gasteiger partial charge in [0.2, 0.25) is 5.91 Å². The van der Waals surface area contributed by atoms with Crippen molar-refractivity contribution in [3.05, 3.63) is 36.5 Å². The van der Waals surface area contributed by atoms with Crippen LogP contribution >= 0.6 is 11.8 Å². The van der Waals surface area contributed by atoms with Crippen LogP contribution in [0.25, 0.3) is 11.3 Å². The molecular formula is C19H25N3O2S. The molecule has 1 aromatic heterocycles. The van der Waals surface area contributed by atoms with Crippen LogP contribution in [-0.4, -0.2) is 40.0 Å². The van der Waals surface area contributed by atoms with Crippen LogP contribution in [0.4, 0.5) is 0 Å². The summed E-state index contributed by atoms with van der Waals surface area (Å²) in [6.07, 6.45) is 4.30. The van der Waals surface area contributed by atoms with E-state index in [-0.39, 0.29) is 18.1 Å². The van der Waals surface area contributed by atoms with Gasteiger partial charge >= 0.3 is 0 Å². The van der Waals surface area contributed by atoms with Crippen molar-refractivity contribution in [2.24, 2.45) is 0 Å². The molecule has 1 N–H and O–H groups in total. The first-order chi connectivity index (χ1) is 12.1. The van der Waals surface area contributed by atoms with Crippen LogP contribution in [0.2, 0.25) is 0 Å². The molecule has 25 heavy (non-hydrogen) atoms. The molecule has 1 amide bonds. The lowest BCUT2D eigenvalue weighted by Crippen LogP contribution is -2.31. The maximum atomic E-state index is 12.0. The summed E-state index contributed by atoms with van der Waals surface area (Å²) >= 11 is 1.48. The maximum absolute atomic E-state index is 12.0. The van der Waals surface area contributed by atoms with Crippen molar-refractivity contribution in [1.82, 2.24) is 14.9 Å². The number of rotatable bonds is 7. The van der Waals surface area contributed by atoms with Gasteiger partial charge in [0.15, 0.2) is 5.16 Å². The molecular weight excluding hydrogens is 334 g/mol. The number of carbonyl (C=O) groups excluding carboxylic acids is 1. The van der Waals surface area contributed by atoms with Gasteiger partial charge in [-0.25, -0.2) is 4.98 Å². The van der Waals surface area contributed by atoms with Crippen molar-refractivity contribution in [2.75, 3.05) is 12.4 Å². The Hall–Kier alpha value is -1.79. The monoisotopic (exact) mass is 359 g/mol. The number of ether oxygens (including phenoxy) is 1. The second-order valence-corrected chi connectivity index (χ2v) is 7.49. The minimum atomic E-state index is 0.0351. The van der Waals surface area contributed by atoms with E-state index in [0.29, 0.717) is 5.75 Å². The largest absolute Gasteiger partial charge is 0.376 e. The number of thioether (sulfide) groups is 1. The fourth-order valence-electron chi connectivity index (χ4n) is 2.98. The lowest BCUT2D eigenvalue weighted by Gasteiger charge is -2.16. The predicted octanol–water partition coefficient (Wildman–Crippen LogP) is 3.35. The normalized spacial score (nSPS) is 17.2. The molecule has 0 bridgehead atoms. The fraction of sp³-hybridized carbons (Fsp3) is 0.474. The smallest absolute Gasteiger partial charge is 0.230 e. The third kappa shape index (κ3) is 4.86. The zero-order valence-electron chi connectivity index (χ0n) is 14.8. The number of hydrogen-bond acceptors (Lipinski definition) is 4. The van der Waals surface area contributed by atoms with Gasteiger partial charge in [0.1, 0.15) is 0 Å². The van der Waals surface area contributed by atoms with Crippen molar-refractivity contribution >= 4 is 17.7 Å². The van der Waals surface area contributed by atoms with E-state index in [2.05, 4.69) is 27.0 Å². The summed E-state index contributed by atoms with van der Waals surface area (Å²) in [6.45, 7) is 5.54. The Morgan fingerprint density at radius 3 is 2.88 bits per heavy atom. The molecule has 0 saturated carbocycles. The van der Waals surface area contributed by atoms with E-state index in [9.17, 15) is 4.79 Å². The minimum Gasteiger partial charge on any atom is -0.376 e. The van der Waals surface area contributed by atoms with Gasteiger partial charge in [-0.3, -0.25) is 4.79 Å². The first-order valence-corrected chi connectivity index (χ1v) is 9.76. The average molecular weight is 359 g/mol. The highest BCUT2D eigenvalue weighted by atomic mass is 32.2.